The SMILES string of the molecule is Cc1ccc(S(=O)(=O)Nc2ccc(C(=O)Nc3ccc(I)cc3)cc2)cc1. The van der Waals surface area contributed by atoms with Crippen LogP contribution in [0, 0.1) is 10.5 Å². The van der Waals surface area contributed by atoms with Gasteiger partial charge in [0.05, 0.1) is 4.90 Å². The van der Waals surface area contributed by atoms with Gasteiger partial charge in [0, 0.05) is 20.5 Å². The number of carbonyl (C=O) groups excluding carboxylic acids is 1. The van der Waals surface area contributed by atoms with E-state index in [0.29, 0.717) is 16.9 Å². The molecule has 0 radical (unpaired) electrons. The van der Waals surface area contributed by atoms with Gasteiger partial charge in [-0.25, -0.2) is 8.42 Å². The monoisotopic (exact) mass is 492 g/mol. The van der Waals surface area contributed by atoms with Crippen molar-refractivity contribution < 1.29 is 13.2 Å². The molecule has 0 fully saturated rings. The van der Waals surface area contributed by atoms with Crippen LogP contribution in [0.25, 0.3) is 0 Å². The second kappa shape index (κ2) is 8.10. The van der Waals surface area contributed by atoms with Crippen LogP contribution in [0.3, 0.4) is 0 Å². The predicted octanol–water partition coefficient (Wildman–Crippen LogP) is 4.65. The maximum absolute atomic E-state index is 12.4. The molecule has 27 heavy (non-hydrogen) atoms. The number of sulfonamides is 1. The Morgan fingerprint density at radius 1 is 0.815 bits per heavy atom. The molecule has 0 saturated carbocycles. The highest BCUT2D eigenvalue weighted by Gasteiger charge is 2.14. The number of carbonyl (C=O) groups is 1. The Morgan fingerprint density at radius 2 is 1.37 bits per heavy atom. The van der Waals surface area contributed by atoms with Crippen LogP contribution in [0.5, 0.6) is 0 Å². The summed E-state index contributed by atoms with van der Waals surface area (Å²) in [4.78, 5) is 12.5. The molecule has 0 aliphatic carbocycles. The minimum atomic E-state index is -3.67. The summed E-state index contributed by atoms with van der Waals surface area (Å²) in [6.07, 6.45) is 0. The number of rotatable bonds is 5. The molecular formula is C20H17IN2O3S. The van der Waals surface area contributed by atoms with E-state index in [1.165, 1.54) is 0 Å². The molecule has 0 saturated heterocycles. The number of aryl methyl sites for hydroxylation is 1. The highest BCUT2D eigenvalue weighted by Crippen LogP contribution is 2.18. The average Bonchev–Trinajstić information content (AvgIpc) is 2.64. The Hall–Kier alpha value is -2.39. The van der Waals surface area contributed by atoms with Gasteiger partial charge in [0.2, 0.25) is 0 Å². The lowest BCUT2D eigenvalue weighted by molar-refractivity contribution is 0.102. The van der Waals surface area contributed by atoms with Crippen LogP contribution in [0.1, 0.15) is 15.9 Å². The number of hydrogen-bond donors (Lipinski definition) is 2. The third-order valence-corrected chi connectivity index (χ3v) is 5.95. The van der Waals surface area contributed by atoms with E-state index in [2.05, 4.69) is 32.6 Å². The minimum absolute atomic E-state index is 0.189. The van der Waals surface area contributed by atoms with Gasteiger partial charge in [-0.15, -0.1) is 0 Å². The van der Waals surface area contributed by atoms with E-state index in [4.69, 9.17) is 0 Å². The van der Waals surface area contributed by atoms with Gasteiger partial charge in [0.15, 0.2) is 0 Å². The second-order valence-electron chi connectivity index (χ2n) is 5.96. The topological polar surface area (TPSA) is 75.3 Å². The van der Waals surface area contributed by atoms with Crippen LogP contribution >= 0.6 is 22.6 Å². The van der Waals surface area contributed by atoms with E-state index < -0.39 is 10.0 Å². The number of halogens is 1. The normalized spacial score (nSPS) is 11.0. The van der Waals surface area contributed by atoms with Gasteiger partial charge < -0.3 is 5.32 Å². The molecule has 3 aromatic rings. The van der Waals surface area contributed by atoms with Crippen LogP contribution in [0.2, 0.25) is 0 Å². The number of nitrogens with one attached hydrogen (secondary N) is 2. The Morgan fingerprint density at radius 3 is 1.96 bits per heavy atom. The minimum Gasteiger partial charge on any atom is -0.322 e. The first-order valence-corrected chi connectivity index (χ1v) is 10.7. The Kier molecular flexibility index (Phi) is 5.81. The molecule has 0 heterocycles. The average molecular weight is 492 g/mol. The van der Waals surface area contributed by atoms with Crippen LogP contribution in [-0.4, -0.2) is 14.3 Å². The largest absolute Gasteiger partial charge is 0.322 e. The molecule has 0 spiro atoms. The quantitative estimate of drug-likeness (QED) is 0.510. The molecule has 0 aromatic heterocycles. The fraction of sp³-hybridized carbons (Fsp3) is 0.0500. The number of amides is 1. The van der Waals surface area contributed by atoms with Crippen molar-refractivity contribution in [1.29, 1.82) is 0 Å². The van der Waals surface area contributed by atoms with Crippen molar-refractivity contribution in [3.8, 4) is 0 Å². The number of benzene rings is 3. The standard InChI is InChI=1S/C20H17IN2O3S/c1-14-2-12-19(13-3-14)27(25,26)23-18-8-4-15(5-9-18)20(24)22-17-10-6-16(21)7-11-17/h2-13,23H,1H3,(H,22,24). The van der Waals surface area contributed by atoms with Crippen molar-refractivity contribution >= 4 is 49.9 Å². The molecule has 5 nitrogen and oxygen atoms in total. The van der Waals surface area contributed by atoms with Gasteiger partial charge in [0.25, 0.3) is 15.9 Å². The lowest BCUT2D eigenvalue weighted by Gasteiger charge is -2.09. The molecule has 1 amide bonds. The van der Waals surface area contributed by atoms with E-state index in [1.807, 2.05) is 31.2 Å². The van der Waals surface area contributed by atoms with Crippen molar-refractivity contribution in [2.24, 2.45) is 0 Å². The highest BCUT2D eigenvalue weighted by atomic mass is 127. The van der Waals surface area contributed by atoms with Gasteiger partial charge in [-0.1, -0.05) is 17.7 Å². The van der Waals surface area contributed by atoms with Crippen molar-refractivity contribution in [1.82, 2.24) is 0 Å². The Balaban J connectivity index is 1.70. The summed E-state index contributed by atoms with van der Waals surface area (Å²) in [6, 6.07) is 20.3. The second-order valence-corrected chi connectivity index (χ2v) is 8.88. The zero-order chi connectivity index (χ0) is 19.4. The van der Waals surface area contributed by atoms with Gasteiger partial charge >= 0.3 is 0 Å². The van der Waals surface area contributed by atoms with Gasteiger partial charge in [0.1, 0.15) is 0 Å². The summed E-state index contributed by atoms with van der Waals surface area (Å²) < 4.78 is 28.4. The smallest absolute Gasteiger partial charge is 0.261 e. The number of anilines is 2. The lowest BCUT2D eigenvalue weighted by Crippen LogP contribution is -2.14. The summed E-state index contributed by atoms with van der Waals surface area (Å²) in [5.41, 5.74) is 2.51. The first-order valence-electron chi connectivity index (χ1n) is 8.10. The maximum atomic E-state index is 12.4. The first-order chi connectivity index (χ1) is 12.8. The van der Waals surface area contributed by atoms with E-state index in [9.17, 15) is 13.2 Å². The molecule has 3 aromatic carbocycles. The van der Waals surface area contributed by atoms with E-state index in [-0.39, 0.29) is 10.8 Å². The van der Waals surface area contributed by atoms with Crippen LogP contribution in [-0.2, 0) is 10.0 Å². The summed E-state index contributed by atoms with van der Waals surface area (Å²) in [5, 5.41) is 2.80. The Bertz CT molecular complexity index is 1050. The third-order valence-electron chi connectivity index (χ3n) is 3.83. The molecule has 0 bridgehead atoms. The van der Waals surface area contributed by atoms with Crippen molar-refractivity contribution in [2.45, 2.75) is 11.8 Å². The zero-order valence-corrected chi connectivity index (χ0v) is 17.4. The molecule has 0 aliphatic heterocycles. The number of hydrogen-bond acceptors (Lipinski definition) is 3. The molecular weight excluding hydrogens is 475 g/mol. The Labute approximate surface area is 172 Å². The van der Waals surface area contributed by atoms with Crippen LogP contribution < -0.4 is 10.0 Å². The maximum Gasteiger partial charge on any atom is 0.261 e. The molecule has 2 N–H and O–H groups in total. The van der Waals surface area contributed by atoms with E-state index >= 15 is 0 Å². The summed E-state index contributed by atoms with van der Waals surface area (Å²) in [5.74, 6) is -0.260. The van der Waals surface area contributed by atoms with Crippen LogP contribution in [0.15, 0.2) is 77.7 Å². The fourth-order valence-corrected chi connectivity index (χ4v) is 3.78. The summed E-state index contributed by atoms with van der Waals surface area (Å²) in [6.45, 7) is 1.89. The van der Waals surface area contributed by atoms with E-state index in [0.717, 1.165) is 9.13 Å². The summed E-state index contributed by atoms with van der Waals surface area (Å²) in [7, 11) is -3.67. The lowest BCUT2D eigenvalue weighted by atomic mass is 10.2. The molecule has 7 heteroatoms. The van der Waals surface area contributed by atoms with E-state index in [1.54, 1.807) is 48.5 Å². The summed E-state index contributed by atoms with van der Waals surface area (Å²) >= 11 is 2.19. The third kappa shape index (κ3) is 5.08. The zero-order valence-electron chi connectivity index (χ0n) is 14.4. The van der Waals surface area contributed by atoms with Gasteiger partial charge in [-0.2, -0.15) is 0 Å². The highest BCUT2D eigenvalue weighted by molar-refractivity contribution is 14.1. The predicted molar refractivity (Wildman–Crippen MR) is 116 cm³/mol. The van der Waals surface area contributed by atoms with Crippen molar-refractivity contribution in [3.05, 3.63) is 87.5 Å². The van der Waals surface area contributed by atoms with Gasteiger partial charge in [-0.05, 0) is 90.2 Å². The molecule has 138 valence electrons. The van der Waals surface area contributed by atoms with Gasteiger partial charge in [-0.3, -0.25) is 9.52 Å². The molecule has 0 aliphatic rings. The molecule has 0 atom stereocenters. The molecule has 0 unspecified atom stereocenters. The van der Waals surface area contributed by atoms with Crippen LogP contribution in [0.4, 0.5) is 11.4 Å². The van der Waals surface area contributed by atoms with Crippen molar-refractivity contribution in [2.75, 3.05) is 10.0 Å². The molecule has 3 rings (SSSR count). The fourth-order valence-electron chi connectivity index (χ4n) is 2.36. The first kappa shape index (κ1) is 19.4. The van der Waals surface area contributed by atoms with Crippen molar-refractivity contribution in [3.63, 3.8) is 0 Å².